The number of hydrogen-bond acceptors (Lipinski definition) is 6. The fourth-order valence-corrected chi connectivity index (χ4v) is 4.25. The Balaban J connectivity index is 1.40. The zero-order valence-corrected chi connectivity index (χ0v) is 17.0. The number of sulfonamides is 1. The van der Waals surface area contributed by atoms with E-state index in [1.807, 2.05) is 0 Å². The highest BCUT2D eigenvalue weighted by atomic mass is 32.2. The molecule has 0 saturated heterocycles. The number of amides is 2. The summed E-state index contributed by atoms with van der Waals surface area (Å²) in [5, 5.41) is 0. The van der Waals surface area contributed by atoms with Gasteiger partial charge in [-0.25, -0.2) is 13.1 Å². The van der Waals surface area contributed by atoms with Crippen molar-refractivity contribution in [1.29, 1.82) is 0 Å². The third kappa shape index (κ3) is 4.39. The van der Waals surface area contributed by atoms with E-state index in [0.717, 1.165) is 12.8 Å². The van der Waals surface area contributed by atoms with Crippen molar-refractivity contribution >= 4 is 21.8 Å². The highest BCUT2D eigenvalue weighted by Crippen LogP contribution is 2.30. The minimum Gasteiger partial charge on any atom is -0.485 e. The van der Waals surface area contributed by atoms with Crippen LogP contribution in [0.5, 0.6) is 11.5 Å². The molecule has 1 heterocycles. The first kappa shape index (κ1) is 20.2. The number of para-hydroxylation sites is 2. The molecule has 0 spiro atoms. The maximum atomic E-state index is 12.6. The fraction of sp³-hybridized carbons (Fsp3) is 0.300. The number of hydrazine groups is 1. The lowest BCUT2D eigenvalue weighted by Crippen LogP contribution is -2.51. The minimum atomic E-state index is -3.70. The molecule has 2 aromatic rings. The van der Waals surface area contributed by atoms with Crippen LogP contribution < -0.4 is 25.0 Å². The SMILES string of the molecule is Cc1ccc(S(=O)(=O)NC2CC2)cc1C(=O)NNC(=O)C1COc2ccccc2O1. The van der Waals surface area contributed by atoms with E-state index >= 15 is 0 Å². The van der Waals surface area contributed by atoms with Gasteiger partial charge in [0.05, 0.1) is 4.90 Å². The van der Waals surface area contributed by atoms with Crippen molar-refractivity contribution < 1.29 is 27.5 Å². The fourth-order valence-electron chi connectivity index (χ4n) is 2.92. The van der Waals surface area contributed by atoms with Crippen molar-refractivity contribution in [3.8, 4) is 11.5 Å². The molecule has 2 aromatic carbocycles. The van der Waals surface area contributed by atoms with Gasteiger partial charge in [-0.1, -0.05) is 18.2 Å². The smallest absolute Gasteiger partial charge is 0.283 e. The molecule has 0 radical (unpaired) electrons. The van der Waals surface area contributed by atoms with E-state index in [4.69, 9.17) is 9.47 Å². The van der Waals surface area contributed by atoms with Crippen molar-refractivity contribution in [2.75, 3.05) is 6.61 Å². The summed E-state index contributed by atoms with van der Waals surface area (Å²) >= 11 is 0. The number of ether oxygens (including phenoxy) is 2. The number of benzene rings is 2. The Morgan fingerprint density at radius 3 is 2.50 bits per heavy atom. The molecule has 0 bridgehead atoms. The van der Waals surface area contributed by atoms with Gasteiger partial charge in [0.15, 0.2) is 11.5 Å². The summed E-state index contributed by atoms with van der Waals surface area (Å²) in [7, 11) is -3.70. The van der Waals surface area contributed by atoms with Crippen LogP contribution in [0.4, 0.5) is 0 Å². The molecule has 3 N–H and O–H groups in total. The summed E-state index contributed by atoms with van der Waals surface area (Å²) in [5.74, 6) is -0.248. The molecule has 1 aliphatic heterocycles. The molecule has 1 fully saturated rings. The molecule has 1 saturated carbocycles. The third-order valence-corrected chi connectivity index (χ3v) is 6.28. The molecule has 1 unspecified atom stereocenters. The first-order chi connectivity index (χ1) is 14.3. The number of nitrogens with one attached hydrogen (secondary N) is 3. The van der Waals surface area contributed by atoms with E-state index in [1.165, 1.54) is 12.1 Å². The van der Waals surface area contributed by atoms with Gasteiger partial charge in [-0.15, -0.1) is 0 Å². The molecule has 4 rings (SSSR count). The van der Waals surface area contributed by atoms with Crippen LogP contribution in [0.2, 0.25) is 0 Å². The van der Waals surface area contributed by atoms with Gasteiger partial charge in [-0.05, 0) is 49.6 Å². The normalized spacial score (nSPS) is 17.8. The number of carbonyl (C=O) groups excluding carboxylic acids is 2. The number of hydrogen-bond donors (Lipinski definition) is 3. The summed E-state index contributed by atoms with van der Waals surface area (Å²) in [6.07, 6.45) is 0.680. The molecule has 10 heteroatoms. The van der Waals surface area contributed by atoms with E-state index in [1.54, 1.807) is 37.3 Å². The average Bonchev–Trinajstić information content (AvgIpc) is 3.54. The summed E-state index contributed by atoms with van der Waals surface area (Å²) in [6.45, 7) is 1.68. The second-order valence-corrected chi connectivity index (χ2v) is 8.89. The monoisotopic (exact) mass is 431 g/mol. The van der Waals surface area contributed by atoms with Crippen LogP contribution in [0.25, 0.3) is 0 Å². The Morgan fingerprint density at radius 2 is 1.77 bits per heavy atom. The lowest BCUT2D eigenvalue weighted by Gasteiger charge is -2.25. The van der Waals surface area contributed by atoms with E-state index in [9.17, 15) is 18.0 Å². The maximum Gasteiger partial charge on any atom is 0.283 e. The Kier molecular flexibility index (Phi) is 5.35. The van der Waals surface area contributed by atoms with E-state index in [2.05, 4.69) is 15.6 Å². The van der Waals surface area contributed by atoms with Crippen LogP contribution in [-0.2, 0) is 14.8 Å². The van der Waals surface area contributed by atoms with Gasteiger partial charge in [0, 0.05) is 11.6 Å². The van der Waals surface area contributed by atoms with Crippen molar-refractivity contribution in [3.05, 3.63) is 53.6 Å². The number of aryl methyl sites for hydroxylation is 1. The van der Waals surface area contributed by atoms with Crippen LogP contribution in [0.3, 0.4) is 0 Å². The Bertz CT molecular complexity index is 1100. The second kappa shape index (κ2) is 7.96. The van der Waals surface area contributed by atoms with Crippen LogP contribution in [0, 0.1) is 6.92 Å². The molecule has 0 aromatic heterocycles. The molecule has 1 aliphatic carbocycles. The maximum absolute atomic E-state index is 12.6. The largest absolute Gasteiger partial charge is 0.485 e. The zero-order chi connectivity index (χ0) is 21.3. The highest BCUT2D eigenvalue weighted by molar-refractivity contribution is 7.89. The Labute approximate surface area is 173 Å². The molecule has 30 heavy (non-hydrogen) atoms. The second-order valence-electron chi connectivity index (χ2n) is 7.18. The van der Waals surface area contributed by atoms with Gasteiger partial charge in [-0.2, -0.15) is 0 Å². The third-order valence-electron chi connectivity index (χ3n) is 4.76. The van der Waals surface area contributed by atoms with Crippen LogP contribution in [0.15, 0.2) is 47.4 Å². The first-order valence-corrected chi connectivity index (χ1v) is 10.9. The van der Waals surface area contributed by atoms with Crippen molar-refractivity contribution in [2.24, 2.45) is 0 Å². The summed E-state index contributed by atoms with van der Waals surface area (Å²) in [6, 6.07) is 11.2. The highest BCUT2D eigenvalue weighted by Gasteiger charge is 2.29. The first-order valence-electron chi connectivity index (χ1n) is 9.45. The number of fused-ring (bicyclic) bond motifs is 1. The number of rotatable bonds is 5. The van der Waals surface area contributed by atoms with Crippen LogP contribution in [0.1, 0.15) is 28.8 Å². The predicted octanol–water partition coefficient (Wildman–Crippen LogP) is 1.04. The molecule has 9 nitrogen and oxygen atoms in total. The Hall–Kier alpha value is -3.11. The van der Waals surface area contributed by atoms with Crippen LogP contribution in [-0.4, -0.2) is 39.0 Å². The van der Waals surface area contributed by atoms with E-state index in [0.29, 0.717) is 17.1 Å². The van der Waals surface area contributed by atoms with E-state index < -0.39 is 27.9 Å². The average molecular weight is 431 g/mol. The predicted molar refractivity (Wildman–Crippen MR) is 106 cm³/mol. The van der Waals surface area contributed by atoms with E-state index in [-0.39, 0.29) is 23.1 Å². The van der Waals surface area contributed by atoms with Gasteiger partial charge < -0.3 is 9.47 Å². The summed E-state index contributed by atoms with van der Waals surface area (Å²) in [4.78, 5) is 24.9. The summed E-state index contributed by atoms with van der Waals surface area (Å²) in [5.41, 5.74) is 5.31. The topological polar surface area (TPSA) is 123 Å². The van der Waals surface area contributed by atoms with Gasteiger partial charge in [-0.3, -0.25) is 20.4 Å². The minimum absolute atomic E-state index is 0.00168. The standard InChI is InChI=1S/C20H21N3O6S/c1-12-6-9-14(30(26,27)23-13-7-8-13)10-15(12)19(24)21-22-20(25)18-11-28-16-4-2-3-5-17(16)29-18/h2-6,9-10,13,18,23H,7-8,11H2,1H3,(H,21,24)(H,22,25). The van der Waals surface area contributed by atoms with Gasteiger partial charge in [0.2, 0.25) is 16.1 Å². The van der Waals surface area contributed by atoms with Gasteiger partial charge >= 0.3 is 0 Å². The molecular formula is C20H21N3O6S. The zero-order valence-electron chi connectivity index (χ0n) is 16.2. The molecular weight excluding hydrogens is 410 g/mol. The van der Waals surface area contributed by atoms with Gasteiger partial charge in [0.1, 0.15) is 6.61 Å². The van der Waals surface area contributed by atoms with Crippen LogP contribution >= 0.6 is 0 Å². The molecule has 2 amide bonds. The van der Waals surface area contributed by atoms with Gasteiger partial charge in [0.25, 0.3) is 11.8 Å². The molecule has 158 valence electrons. The quantitative estimate of drug-likeness (QED) is 0.608. The lowest BCUT2D eigenvalue weighted by molar-refractivity contribution is -0.131. The molecule has 1 atom stereocenters. The summed E-state index contributed by atoms with van der Waals surface area (Å²) < 4.78 is 38.4. The van der Waals surface area contributed by atoms with Crippen molar-refractivity contribution in [1.82, 2.24) is 15.6 Å². The number of carbonyl (C=O) groups is 2. The molecule has 2 aliphatic rings. The van der Waals surface area contributed by atoms with Crippen molar-refractivity contribution in [3.63, 3.8) is 0 Å². The van der Waals surface area contributed by atoms with Crippen molar-refractivity contribution in [2.45, 2.75) is 36.8 Å². The Morgan fingerprint density at radius 1 is 1.03 bits per heavy atom. The lowest BCUT2D eigenvalue weighted by atomic mass is 10.1.